The van der Waals surface area contributed by atoms with E-state index in [1.807, 2.05) is 6.92 Å². The summed E-state index contributed by atoms with van der Waals surface area (Å²) in [5, 5.41) is 10.6. The number of nitro benzene ring substituents is 1. The van der Waals surface area contributed by atoms with Crippen molar-refractivity contribution >= 4 is 17.3 Å². The van der Waals surface area contributed by atoms with E-state index in [1.54, 1.807) is 0 Å². The number of nitro groups is 1. The maximum absolute atomic E-state index is 10.5. The third kappa shape index (κ3) is 4.58. The first kappa shape index (κ1) is 13.7. The molecule has 17 heavy (non-hydrogen) atoms. The van der Waals surface area contributed by atoms with Gasteiger partial charge < -0.3 is 9.47 Å². The molecule has 0 amide bonds. The highest BCUT2D eigenvalue weighted by Gasteiger charge is 2.12. The van der Waals surface area contributed by atoms with Gasteiger partial charge in [-0.15, -0.1) is 0 Å². The Labute approximate surface area is 104 Å². The fourth-order valence-corrected chi connectivity index (χ4v) is 1.43. The Morgan fingerprint density at radius 1 is 1.35 bits per heavy atom. The summed E-state index contributed by atoms with van der Waals surface area (Å²) in [6.07, 6.45) is 0.962. The number of rotatable bonds is 7. The highest BCUT2D eigenvalue weighted by Crippen LogP contribution is 2.28. The average molecular weight is 260 g/mol. The molecule has 0 unspecified atom stereocenters. The summed E-state index contributed by atoms with van der Waals surface area (Å²) in [5.41, 5.74) is -0.124. The van der Waals surface area contributed by atoms with Crippen LogP contribution in [0.3, 0.4) is 0 Å². The van der Waals surface area contributed by atoms with E-state index in [2.05, 4.69) is 0 Å². The molecule has 0 aliphatic carbocycles. The maximum atomic E-state index is 10.5. The van der Waals surface area contributed by atoms with Crippen molar-refractivity contribution in [2.24, 2.45) is 0 Å². The fourth-order valence-electron chi connectivity index (χ4n) is 1.19. The second kappa shape index (κ2) is 7.09. The lowest BCUT2D eigenvalue weighted by Gasteiger charge is -2.06. The van der Waals surface area contributed by atoms with Gasteiger partial charge >= 0.3 is 0 Å². The SMILES string of the molecule is CCCOCCOc1ccc([N+](=O)[O-])c(Cl)c1. The van der Waals surface area contributed by atoms with E-state index in [0.29, 0.717) is 25.6 Å². The molecule has 0 saturated carbocycles. The number of hydrogen-bond acceptors (Lipinski definition) is 4. The molecule has 0 spiro atoms. The molecule has 0 aromatic heterocycles. The van der Waals surface area contributed by atoms with E-state index in [0.717, 1.165) is 6.42 Å². The number of nitrogens with zero attached hydrogens (tertiary/aromatic N) is 1. The van der Waals surface area contributed by atoms with E-state index >= 15 is 0 Å². The minimum atomic E-state index is -0.531. The van der Waals surface area contributed by atoms with Crippen LogP contribution in [0.25, 0.3) is 0 Å². The monoisotopic (exact) mass is 259 g/mol. The van der Waals surface area contributed by atoms with Gasteiger partial charge in [-0.3, -0.25) is 10.1 Å². The first-order chi connectivity index (χ1) is 8.15. The van der Waals surface area contributed by atoms with Gasteiger partial charge in [-0.1, -0.05) is 18.5 Å². The summed E-state index contributed by atoms with van der Waals surface area (Å²) in [6.45, 7) is 3.61. The van der Waals surface area contributed by atoms with Crippen LogP contribution < -0.4 is 4.74 Å². The van der Waals surface area contributed by atoms with Gasteiger partial charge in [0.05, 0.1) is 11.5 Å². The Balaban J connectivity index is 2.45. The fraction of sp³-hybridized carbons (Fsp3) is 0.455. The van der Waals surface area contributed by atoms with E-state index in [4.69, 9.17) is 21.1 Å². The van der Waals surface area contributed by atoms with Crippen LogP contribution in [-0.2, 0) is 4.74 Å². The number of hydrogen-bond donors (Lipinski definition) is 0. The van der Waals surface area contributed by atoms with Gasteiger partial charge in [0, 0.05) is 18.7 Å². The average Bonchev–Trinajstić information content (AvgIpc) is 2.28. The molecule has 94 valence electrons. The number of halogens is 1. The lowest BCUT2D eigenvalue weighted by atomic mass is 10.3. The summed E-state index contributed by atoms with van der Waals surface area (Å²) < 4.78 is 10.6. The van der Waals surface area contributed by atoms with E-state index in [-0.39, 0.29) is 10.7 Å². The van der Waals surface area contributed by atoms with Crippen LogP contribution in [0.15, 0.2) is 18.2 Å². The lowest BCUT2D eigenvalue weighted by molar-refractivity contribution is -0.384. The third-order valence-corrected chi connectivity index (χ3v) is 2.26. The standard InChI is InChI=1S/C11H14ClNO4/c1-2-5-16-6-7-17-9-3-4-11(13(14)15)10(12)8-9/h3-4,8H,2,5-7H2,1H3. The predicted octanol–water partition coefficient (Wildman–Crippen LogP) is 3.05. The van der Waals surface area contributed by atoms with Crippen LogP contribution in [-0.4, -0.2) is 24.7 Å². The zero-order valence-corrected chi connectivity index (χ0v) is 10.3. The predicted molar refractivity (Wildman–Crippen MR) is 64.7 cm³/mol. The van der Waals surface area contributed by atoms with E-state index < -0.39 is 4.92 Å². The normalized spacial score (nSPS) is 10.2. The van der Waals surface area contributed by atoms with Crippen LogP contribution in [0, 0.1) is 10.1 Å². The van der Waals surface area contributed by atoms with Crippen molar-refractivity contribution in [2.45, 2.75) is 13.3 Å². The van der Waals surface area contributed by atoms with Crippen molar-refractivity contribution in [2.75, 3.05) is 19.8 Å². The molecule has 0 heterocycles. The second-order valence-corrected chi connectivity index (χ2v) is 3.74. The summed E-state index contributed by atoms with van der Waals surface area (Å²) in [5.74, 6) is 0.501. The van der Waals surface area contributed by atoms with Crippen molar-refractivity contribution in [3.05, 3.63) is 33.3 Å². The Morgan fingerprint density at radius 3 is 2.71 bits per heavy atom. The van der Waals surface area contributed by atoms with Gasteiger partial charge in [-0.25, -0.2) is 0 Å². The quantitative estimate of drug-likeness (QED) is 0.429. The topological polar surface area (TPSA) is 61.6 Å². The summed E-state index contributed by atoms with van der Waals surface area (Å²) in [6, 6.07) is 4.27. The van der Waals surface area contributed by atoms with Crippen molar-refractivity contribution < 1.29 is 14.4 Å². The van der Waals surface area contributed by atoms with Gasteiger partial charge in [0.25, 0.3) is 5.69 Å². The van der Waals surface area contributed by atoms with Crippen LogP contribution in [0.4, 0.5) is 5.69 Å². The summed E-state index contributed by atoms with van der Waals surface area (Å²) in [7, 11) is 0. The summed E-state index contributed by atoms with van der Waals surface area (Å²) in [4.78, 5) is 9.99. The molecule has 1 aromatic rings. The molecule has 6 heteroatoms. The summed E-state index contributed by atoms with van der Waals surface area (Å²) >= 11 is 5.73. The minimum absolute atomic E-state index is 0.0713. The first-order valence-corrected chi connectivity index (χ1v) is 5.67. The number of ether oxygens (including phenoxy) is 2. The molecule has 0 radical (unpaired) electrons. The molecule has 1 aromatic carbocycles. The van der Waals surface area contributed by atoms with Gasteiger partial charge in [0.2, 0.25) is 0 Å². The molecular weight excluding hydrogens is 246 g/mol. The van der Waals surface area contributed by atoms with Gasteiger partial charge in [-0.05, 0) is 12.5 Å². The molecule has 0 saturated heterocycles. The van der Waals surface area contributed by atoms with Crippen molar-refractivity contribution in [1.29, 1.82) is 0 Å². The molecule has 0 bridgehead atoms. The Kier molecular flexibility index (Phi) is 5.72. The van der Waals surface area contributed by atoms with Crippen molar-refractivity contribution in [3.63, 3.8) is 0 Å². The second-order valence-electron chi connectivity index (χ2n) is 3.33. The van der Waals surface area contributed by atoms with Gasteiger partial charge in [0.15, 0.2) is 0 Å². The zero-order chi connectivity index (χ0) is 12.7. The Morgan fingerprint density at radius 2 is 2.12 bits per heavy atom. The third-order valence-electron chi connectivity index (χ3n) is 1.96. The van der Waals surface area contributed by atoms with Crippen molar-refractivity contribution in [1.82, 2.24) is 0 Å². The molecule has 0 aliphatic heterocycles. The molecule has 0 N–H and O–H groups in total. The smallest absolute Gasteiger partial charge is 0.288 e. The van der Waals surface area contributed by atoms with Gasteiger partial charge in [0.1, 0.15) is 17.4 Å². The van der Waals surface area contributed by atoms with Gasteiger partial charge in [-0.2, -0.15) is 0 Å². The Bertz CT molecular complexity index is 384. The van der Waals surface area contributed by atoms with Crippen LogP contribution in [0.5, 0.6) is 5.75 Å². The van der Waals surface area contributed by atoms with Crippen molar-refractivity contribution in [3.8, 4) is 5.75 Å². The molecule has 5 nitrogen and oxygen atoms in total. The lowest BCUT2D eigenvalue weighted by Crippen LogP contribution is -2.07. The maximum Gasteiger partial charge on any atom is 0.288 e. The van der Waals surface area contributed by atoms with Crippen LogP contribution in [0.1, 0.15) is 13.3 Å². The largest absolute Gasteiger partial charge is 0.491 e. The molecule has 1 rings (SSSR count). The molecule has 0 fully saturated rings. The molecule has 0 atom stereocenters. The zero-order valence-electron chi connectivity index (χ0n) is 9.52. The van der Waals surface area contributed by atoms with E-state index in [1.165, 1.54) is 18.2 Å². The van der Waals surface area contributed by atoms with Crippen LogP contribution in [0.2, 0.25) is 5.02 Å². The molecule has 0 aliphatic rings. The number of benzene rings is 1. The molecular formula is C11H14ClNO4. The highest BCUT2D eigenvalue weighted by atomic mass is 35.5. The van der Waals surface area contributed by atoms with Crippen LogP contribution >= 0.6 is 11.6 Å². The highest BCUT2D eigenvalue weighted by molar-refractivity contribution is 6.32. The van der Waals surface area contributed by atoms with E-state index in [9.17, 15) is 10.1 Å². The minimum Gasteiger partial charge on any atom is -0.491 e. The first-order valence-electron chi connectivity index (χ1n) is 5.29. The Hall–Kier alpha value is -1.33.